The highest BCUT2D eigenvalue weighted by molar-refractivity contribution is 7.94. The van der Waals surface area contributed by atoms with Gasteiger partial charge in [0.15, 0.2) is 14.6 Å². The molecule has 3 rings (SSSR count). The van der Waals surface area contributed by atoms with E-state index < -0.39 is 20.5 Å². The molecular weight excluding hydrogens is 266 g/mol. The molecule has 0 spiro atoms. The number of para-hydroxylation sites is 1. The number of fused-ring (bicyclic) bond motifs is 1. The Bertz CT molecular complexity index is 788. The van der Waals surface area contributed by atoms with E-state index in [1.807, 2.05) is 0 Å². The summed E-state index contributed by atoms with van der Waals surface area (Å²) in [6.45, 7) is 0. The van der Waals surface area contributed by atoms with Gasteiger partial charge in [0, 0.05) is 12.4 Å². The highest BCUT2D eigenvalue weighted by Crippen LogP contribution is 2.47. The Labute approximate surface area is 110 Å². The maximum absolute atomic E-state index is 12.7. The van der Waals surface area contributed by atoms with E-state index in [9.17, 15) is 13.2 Å². The standard InChI is InChI=1S/C12H13N3O3S/c1-15-10-8(7-14-15)3-2-4-9(10)19(17,18)12(5-6-12)11(13)16/h2-4,7H,5-6H2,1H3,(H2,13,16). The Morgan fingerprint density at radius 3 is 2.68 bits per heavy atom. The van der Waals surface area contributed by atoms with Gasteiger partial charge in [-0.15, -0.1) is 0 Å². The highest BCUT2D eigenvalue weighted by atomic mass is 32.2. The third-order valence-corrected chi connectivity index (χ3v) is 6.23. The van der Waals surface area contributed by atoms with Crippen molar-refractivity contribution in [3.05, 3.63) is 24.4 Å². The topological polar surface area (TPSA) is 95.1 Å². The van der Waals surface area contributed by atoms with Crippen molar-refractivity contribution in [3.8, 4) is 0 Å². The number of amides is 1. The quantitative estimate of drug-likeness (QED) is 0.877. The predicted octanol–water partition coefficient (Wildman–Crippen LogP) is 0.365. The Hall–Kier alpha value is -1.89. The van der Waals surface area contributed by atoms with Crippen LogP contribution in [0.15, 0.2) is 29.3 Å². The fourth-order valence-electron chi connectivity index (χ4n) is 2.38. The lowest BCUT2D eigenvalue weighted by atomic mass is 10.2. The van der Waals surface area contributed by atoms with E-state index in [1.165, 1.54) is 10.7 Å². The number of primary amides is 1. The summed E-state index contributed by atoms with van der Waals surface area (Å²) in [5, 5.41) is 4.78. The first kappa shape index (κ1) is 12.2. The lowest BCUT2D eigenvalue weighted by Gasteiger charge is -2.13. The molecule has 100 valence electrons. The molecule has 1 aliphatic rings. The van der Waals surface area contributed by atoms with Gasteiger partial charge in [-0.2, -0.15) is 5.10 Å². The Morgan fingerprint density at radius 1 is 1.42 bits per heavy atom. The molecule has 1 amide bonds. The minimum Gasteiger partial charge on any atom is -0.368 e. The zero-order chi connectivity index (χ0) is 13.8. The second-order valence-corrected chi connectivity index (χ2v) is 7.05. The summed E-state index contributed by atoms with van der Waals surface area (Å²) >= 11 is 0. The lowest BCUT2D eigenvalue weighted by molar-refractivity contribution is -0.118. The fourth-order valence-corrected chi connectivity index (χ4v) is 4.47. The third-order valence-electron chi connectivity index (χ3n) is 3.68. The van der Waals surface area contributed by atoms with E-state index in [4.69, 9.17) is 5.73 Å². The van der Waals surface area contributed by atoms with Gasteiger partial charge in [-0.3, -0.25) is 9.48 Å². The number of carbonyl (C=O) groups is 1. The second kappa shape index (κ2) is 3.57. The number of rotatable bonds is 3. The second-order valence-electron chi connectivity index (χ2n) is 4.82. The molecular formula is C12H13N3O3S. The average Bonchev–Trinajstić information content (AvgIpc) is 3.11. The van der Waals surface area contributed by atoms with Crippen LogP contribution in [0.1, 0.15) is 12.8 Å². The summed E-state index contributed by atoms with van der Waals surface area (Å²) in [7, 11) is -2.11. The lowest BCUT2D eigenvalue weighted by Crippen LogP contribution is -2.38. The molecule has 0 atom stereocenters. The van der Waals surface area contributed by atoms with Crippen molar-refractivity contribution >= 4 is 26.6 Å². The van der Waals surface area contributed by atoms with Crippen LogP contribution in [0.25, 0.3) is 10.9 Å². The number of sulfone groups is 1. The first-order valence-electron chi connectivity index (χ1n) is 5.85. The van der Waals surface area contributed by atoms with Crippen LogP contribution in [0.5, 0.6) is 0 Å². The molecule has 0 bridgehead atoms. The van der Waals surface area contributed by atoms with Crippen LogP contribution in [0.4, 0.5) is 0 Å². The Kier molecular flexibility index (Phi) is 2.28. The molecule has 1 heterocycles. The largest absolute Gasteiger partial charge is 0.368 e. The summed E-state index contributed by atoms with van der Waals surface area (Å²) < 4.78 is 25.4. The molecule has 1 aromatic heterocycles. The van der Waals surface area contributed by atoms with Crippen molar-refractivity contribution in [2.24, 2.45) is 12.8 Å². The van der Waals surface area contributed by atoms with Crippen molar-refractivity contribution in [1.82, 2.24) is 9.78 Å². The van der Waals surface area contributed by atoms with Crippen molar-refractivity contribution in [2.45, 2.75) is 22.5 Å². The van der Waals surface area contributed by atoms with E-state index in [0.717, 1.165) is 5.39 Å². The maximum atomic E-state index is 12.7. The zero-order valence-corrected chi connectivity index (χ0v) is 11.1. The maximum Gasteiger partial charge on any atom is 0.239 e. The number of nitrogens with two attached hydrogens (primary N) is 1. The van der Waals surface area contributed by atoms with Gasteiger partial charge in [0.1, 0.15) is 0 Å². The van der Waals surface area contributed by atoms with Gasteiger partial charge in [-0.05, 0) is 18.9 Å². The van der Waals surface area contributed by atoms with Gasteiger partial charge in [-0.25, -0.2) is 8.42 Å². The number of benzene rings is 1. The zero-order valence-electron chi connectivity index (χ0n) is 10.3. The Morgan fingerprint density at radius 2 is 2.11 bits per heavy atom. The molecule has 2 aromatic rings. The van der Waals surface area contributed by atoms with E-state index >= 15 is 0 Å². The number of hydrogen-bond donors (Lipinski definition) is 1. The SMILES string of the molecule is Cn1ncc2cccc(S(=O)(=O)C3(C(N)=O)CC3)c21. The molecule has 0 aliphatic heterocycles. The molecule has 7 heteroatoms. The summed E-state index contributed by atoms with van der Waals surface area (Å²) in [4.78, 5) is 11.6. The van der Waals surface area contributed by atoms with E-state index in [2.05, 4.69) is 5.10 Å². The number of nitrogens with zero attached hydrogens (tertiary/aromatic N) is 2. The molecule has 6 nitrogen and oxygen atoms in total. The van der Waals surface area contributed by atoms with E-state index in [-0.39, 0.29) is 4.90 Å². The fraction of sp³-hybridized carbons (Fsp3) is 0.333. The number of aromatic nitrogens is 2. The highest BCUT2D eigenvalue weighted by Gasteiger charge is 2.60. The molecule has 0 radical (unpaired) electrons. The molecule has 19 heavy (non-hydrogen) atoms. The summed E-state index contributed by atoms with van der Waals surface area (Å²) in [6, 6.07) is 4.93. The number of aryl methyl sites for hydroxylation is 1. The predicted molar refractivity (Wildman–Crippen MR) is 69.1 cm³/mol. The minimum atomic E-state index is -3.78. The number of hydrogen-bond acceptors (Lipinski definition) is 4. The third kappa shape index (κ3) is 1.45. The van der Waals surface area contributed by atoms with Crippen LogP contribution < -0.4 is 5.73 Å². The van der Waals surface area contributed by atoms with E-state index in [0.29, 0.717) is 18.4 Å². The van der Waals surface area contributed by atoms with E-state index in [1.54, 1.807) is 25.4 Å². The van der Waals surface area contributed by atoms with Crippen molar-refractivity contribution in [1.29, 1.82) is 0 Å². The van der Waals surface area contributed by atoms with Crippen molar-refractivity contribution < 1.29 is 13.2 Å². The van der Waals surface area contributed by atoms with Crippen LogP contribution in [0, 0.1) is 0 Å². The summed E-state index contributed by atoms with van der Waals surface area (Å²) in [5.74, 6) is -0.772. The van der Waals surface area contributed by atoms with Crippen molar-refractivity contribution in [2.75, 3.05) is 0 Å². The van der Waals surface area contributed by atoms with Gasteiger partial charge in [-0.1, -0.05) is 12.1 Å². The average molecular weight is 279 g/mol. The molecule has 0 saturated heterocycles. The minimum absolute atomic E-state index is 0.126. The molecule has 1 saturated carbocycles. The van der Waals surface area contributed by atoms with Gasteiger partial charge in [0.25, 0.3) is 0 Å². The van der Waals surface area contributed by atoms with Gasteiger partial charge in [0.05, 0.1) is 16.6 Å². The molecule has 1 fully saturated rings. The first-order chi connectivity index (χ1) is 8.90. The van der Waals surface area contributed by atoms with Gasteiger partial charge in [0.2, 0.25) is 5.91 Å². The van der Waals surface area contributed by atoms with Crippen LogP contribution in [0.2, 0.25) is 0 Å². The molecule has 1 aromatic carbocycles. The molecule has 2 N–H and O–H groups in total. The molecule has 1 aliphatic carbocycles. The summed E-state index contributed by atoms with van der Waals surface area (Å²) in [5.41, 5.74) is 5.78. The van der Waals surface area contributed by atoms with Crippen LogP contribution in [-0.2, 0) is 21.7 Å². The monoisotopic (exact) mass is 279 g/mol. The molecule has 0 unspecified atom stereocenters. The van der Waals surface area contributed by atoms with Gasteiger partial charge < -0.3 is 5.73 Å². The van der Waals surface area contributed by atoms with Crippen molar-refractivity contribution in [3.63, 3.8) is 0 Å². The smallest absolute Gasteiger partial charge is 0.239 e. The normalized spacial score (nSPS) is 17.5. The first-order valence-corrected chi connectivity index (χ1v) is 7.34. The number of carbonyl (C=O) groups excluding carboxylic acids is 1. The Balaban J connectivity index is 2.31. The van der Waals surface area contributed by atoms with Crippen LogP contribution >= 0.6 is 0 Å². The van der Waals surface area contributed by atoms with Gasteiger partial charge >= 0.3 is 0 Å². The summed E-state index contributed by atoms with van der Waals surface area (Å²) in [6.07, 6.45) is 2.18. The van der Waals surface area contributed by atoms with Crippen LogP contribution in [-0.4, -0.2) is 28.9 Å². The van der Waals surface area contributed by atoms with Crippen LogP contribution in [0.3, 0.4) is 0 Å².